The Morgan fingerprint density at radius 1 is 1.21 bits per heavy atom. The molecule has 0 atom stereocenters. The first-order valence-corrected chi connectivity index (χ1v) is 7.21. The Morgan fingerprint density at radius 3 is 2.42 bits per heavy atom. The fraction of sp³-hybridized carbons (Fsp3) is 0.0667. The average molecular weight is 273 g/mol. The van der Waals surface area contributed by atoms with Gasteiger partial charge in [-0.2, -0.15) is 0 Å². The van der Waals surface area contributed by atoms with E-state index in [0.717, 1.165) is 11.1 Å². The molecular weight excluding hydrogens is 258 g/mol. The molecule has 0 aliphatic carbocycles. The number of allylic oxidation sites excluding steroid dienone is 2. The maximum Gasteiger partial charge on any atom is 0.267 e. The zero-order chi connectivity index (χ0) is 14.0. The summed E-state index contributed by atoms with van der Waals surface area (Å²) in [5.74, 6) is 0. The molecule has 98 valence electrons. The quantitative estimate of drug-likeness (QED) is 0.802. The van der Waals surface area contributed by atoms with E-state index < -0.39 is 10.0 Å². The van der Waals surface area contributed by atoms with Gasteiger partial charge in [0.15, 0.2) is 0 Å². The highest BCUT2D eigenvalue weighted by Crippen LogP contribution is 2.19. The predicted molar refractivity (Wildman–Crippen MR) is 77.4 cm³/mol. The van der Waals surface area contributed by atoms with E-state index in [0.29, 0.717) is 5.57 Å². The summed E-state index contributed by atoms with van der Waals surface area (Å²) in [5, 5.41) is 0. The Kier molecular flexibility index (Phi) is 3.44. The first-order chi connectivity index (χ1) is 8.95. The summed E-state index contributed by atoms with van der Waals surface area (Å²) in [6, 6.07) is 8.47. The third-order valence-corrected chi connectivity index (χ3v) is 4.53. The van der Waals surface area contributed by atoms with Crippen molar-refractivity contribution in [2.75, 3.05) is 0 Å². The van der Waals surface area contributed by atoms with E-state index in [1.165, 1.54) is 10.2 Å². The van der Waals surface area contributed by atoms with Gasteiger partial charge in [0, 0.05) is 12.4 Å². The van der Waals surface area contributed by atoms with Gasteiger partial charge in [0.25, 0.3) is 10.0 Å². The van der Waals surface area contributed by atoms with Gasteiger partial charge in [-0.05, 0) is 36.3 Å². The van der Waals surface area contributed by atoms with Gasteiger partial charge in [0.2, 0.25) is 0 Å². The van der Waals surface area contributed by atoms with Gasteiger partial charge in [-0.1, -0.05) is 36.9 Å². The van der Waals surface area contributed by atoms with Crippen LogP contribution in [0.1, 0.15) is 11.1 Å². The lowest BCUT2D eigenvalue weighted by Gasteiger charge is -2.05. The first-order valence-electron chi connectivity index (χ1n) is 5.77. The second kappa shape index (κ2) is 4.90. The molecule has 0 saturated carbocycles. The monoisotopic (exact) mass is 273 g/mol. The Hall–Kier alpha value is -2.07. The van der Waals surface area contributed by atoms with Crippen molar-refractivity contribution in [2.45, 2.75) is 11.8 Å². The summed E-state index contributed by atoms with van der Waals surface area (Å²) >= 11 is 0. The zero-order valence-electron chi connectivity index (χ0n) is 10.7. The van der Waals surface area contributed by atoms with Crippen molar-refractivity contribution in [3.8, 4) is 0 Å². The summed E-state index contributed by atoms with van der Waals surface area (Å²) in [6.45, 7) is 9.33. The van der Waals surface area contributed by atoms with Crippen LogP contribution in [0.3, 0.4) is 0 Å². The highest BCUT2D eigenvalue weighted by Gasteiger charge is 2.16. The van der Waals surface area contributed by atoms with Crippen LogP contribution in [0.5, 0.6) is 0 Å². The summed E-state index contributed by atoms with van der Waals surface area (Å²) in [7, 11) is -3.54. The third-order valence-electron chi connectivity index (χ3n) is 2.88. The fourth-order valence-electron chi connectivity index (χ4n) is 1.67. The van der Waals surface area contributed by atoms with Crippen molar-refractivity contribution in [3.05, 3.63) is 73.1 Å². The normalized spacial score (nSPS) is 11.2. The van der Waals surface area contributed by atoms with Crippen LogP contribution in [0.15, 0.2) is 66.9 Å². The van der Waals surface area contributed by atoms with Crippen molar-refractivity contribution < 1.29 is 8.42 Å². The smallest absolute Gasteiger partial charge is 0.248 e. The molecule has 0 N–H and O–H groups in total. The number of rotatable bonds is 4. The van der Waals surface area contributed by atoms with Crippen molar-refractivity contribution in [1.29, 1.82) is 0 Å². The molecule has 1 aromatic heterocycles. The van der Waals surface area contributed by atoms with E-state index >= 15 is 0 Å². The Bertz CT molecular complexity index is 722. The van der Waals surface area contributed by atoms with Crippen LogP contribution < -0.4 is 0 Å². The van der Waals surface area contributed by atoms with Crippen molar-refractivity contribution in [1.82, 2.24) is 3.97 Å². The van der Waals surface area contributed by atoms with E-state index in [-0.39, 0.29) is 4.90 Å². The third kappa shape index (κ3) is 2.53. The van der Waals surface area contributed by atoms with Crippen LogP contribution in [-0.4, -0.2) is 12.4 Å². The second-order valence-electron chi connectivity index (χ2n) is 4.28. The van der Waals surface area contributed by atoms with E-state index in [4.69, 9.17) is 0 Å². The molecule has 0 aliphatic rings. The van der Waals surface area contributed by atoms with Gasteiger partial charge in [-0.25, -0.2) is 12.4 Å². The van der Waals surface area contributed by atoms with Crippen LogP contribution in [0.25, 0.3) is 5.57 Å². The molecule has 0 saturated heterocycles. The van der Waals surface area contributed by atoms with E-state index in [9.17, 15) is 8.42 Å². The number of hydrogen-bond donors (Lipinski definition) is 0. The molecule has 0 amide bonds. The Labute approximate surface area is 113 Å². The standard InChI is InChI=1S/C15H15NO2S/c1-4-13(3)14-9-10-16(11-14)19(17,18)15-7-5-12(2)6-8-15/h4-11H,1,3H2,2H3. The molecule has 3 nitrogen and oxygen atoms in total. The number of aryl methyl sites for hydroxylation is 1. The van der Waals surface area contributed by atoms with Crippen LogP contribution in [0.2, 0.25) is 0 Å². The van der Waals surface area contributed by atoms with Gasteiger partial charge in [-0.3, -0.25) is 0 Å². The second-order valence-corrected chi connectivity index (χ2v) is 6.12. The number of benzene rings is 1. The van der Waals surface area contributed by atoms with Crippen molar-refractivity contribution >= 4 is 15.6 Å². The van der Waals surface area contributed by atoms with Gasteiger partial charge in [0.05, 0.1) is 4.90 Å². The van der Waals surface area contributed by atoms with Gasteiger partial charge >= 0.3 is 0 Å². The first kappa shape index (κ1) is 13.4. The molecule has 0 radical (unpaired) electrons. The molecule has 19 heavy (non-hydrogen) atoms. The van der Waals surface area contributed by atoms with E-state index in [2.05, 4.69) is 13.2 Å². The Balaban J connectivity index is 2.45. The van der Waals surface area contributed by atoms with E-state index in [1.54, 1.807) is 42.6 Å². The summed E-state index contributed by atoms with van der Waals surface area (Å²) < 4.78 is 25.9. The lowest BCUT2D eigenvalue weighted by atomic mass is 10.2. The molecule has 2 aromatic rings. The summed E-state index contributed by atoms with van der Waals surface area (Å²) in [4.78, 5) is 0.268. The van der Waals surface area contributed by atoms with Crippen LogP contribution in [-0.2, 0) is 10.0 Å². The topological polar surface area (TPSA) is 39.1 Å². The molecular formula is C15H15NO2S. The molecule has 0 fully saturated rings. The predicted octanol–water partition coefficient (Wildman–Crippen LogP) is 3.23. The fourth-order valence-corrected chi connectivity index (χ4v) is 2.86. The van der Waals surface area contributed by atoms with Gasteiger partial charge in [0.1, 0.15) is 0 Å². The molecule has 2 rings (SSSR count). The minimum Gasteiger partial charge on any atom is -0.248 e. The molecule has 0 spiro atoms. The summed E-state index contributed by atoms with van der Waals surface area (Å²) in [6.07, 6.45) is 4.65. The Morgan fingerprint density at radius 2 is 1.84 bits per heavy atom. The molecule has 0 aliphatic heterocycles. The highest BCUT2D eigenvalue weighted by atomic mass is 32.2. The largest absolute Gasteiger partial charge is 0.267 e. The maximum absolute atomic E-state index is 12.4. The maximum atomic E-state index is 12.4. The van der Waals surface area contributed by atoms with Crippen LogP contribution in [0, 0.1) is 6.92 Å². The lowest BCUT2D eigenvalue weighted by molar-refractivity contribution is 0.587. The van der Waals surface area contributed by atoms with Gasteiger partial charge in [-0.15, -0.1) is 0 Å². The average Bonchev–Trinajstić information content (AvgIpc) is 2.88. The minimum absolute atomic E-state index is 0.268. The van der Waals surface area contributed by atoms with Crippen LogP contribution in [0.4, 0.5) is 0 Å². The highest BCUT2D eigenvalue weighted by molar-refractivity contribution is 7.90. The van der Waals surface area contributed by atoms with Crippen molar-refractivity contribution in [3.63, 3.8) is 0 Å². The molecule has 0 bridgehead atoms. The number of nitrogens with zero attached hydrogens (tertiary/aromatic N) is 1. The molecule has 1 aromatic carbocycles. The zero-order valence-corrected chi connectivity index (χ0v) is 11.5. The lowest BCUT2D eigenvalue weighted by Crippen LogP contribution is -2.10. The SMILES string of the molecule is C=CC(=C)c1ccn(S(=O)(=O)c2ccc(C)cc2)c1. The minimum atomic E-state index is -3.54. The van der Waals surface area contributed by atoms with Gasteiger partial charge < -0.3 is 0 Å². The van der Waals surface area contributed by atoms with Crippen LogP contribution >= 0.6 is 0 Å². The molecule has 1 heterocycles. The number of aromatic nitrogens is 1. The molecule has 0 unspecified atom stereocenters. The number of hydrogen-bond acceptors (Lipinski definition) is 2. The van der Waals surface area contributed by atoms with E-state index in [1.807, 2.05) is 6.92 Å². The summed E-state index contributed by atoms with van der Waals surface area (Å²) in [5.41, 5.74) is 2.45. The molecule has 4 heteroatoms. The van der Waals surface area contributed by atoms with Crippen molar-refractivity contribution in [2.24, 2.45) is 0 Å².